The van der Waals surface area contributed by atoms with E-state index in [1.807, 2.05) is 0 Å². The lowest BCUT2D eigenvalue weighted by atomic mass is 9.95. The first-order chi connectivity index (χ1) is 9.18. The van der Waals surface area contributed by atoms with E-state index < -0.39 is 23.3 Å². The van der Waals surface area contributed by atoms with E-state index in [2.05, 4.69) is 0 Å². The van der Waals surface area contributed by atoms with Gasteiger partial charge in [0.05, 0.1) is 6.61 Å². The molecule has 0 saturated carbocycles. The van der Waals surface area contributed by atoms with E-state index in [-0.39, 0.29) is 19.6 Å². The number of hydrogen-bond donors (Lipinski definition) is 1. The standard InChI is InChI=1S/C14H25NO5/c1-5-19-11(16)14(18)7-6-9-15(10-8-14)12(17)20-13(2,3)4/h18H,5-10H2,1-4H3. The highest BCUT2D eigenvalue weighted by Gasteiger charge is 2.40. The van der Waals surface area contributed by atoms with E-state index in [1.54, 1.807) is 27.7 Å². The number of hydrogen-bond acceptors (Lipinski definition) is 5. The fourth-order valence-electron chi connectivity index (χ4n) is 2.10. The first kappa shape index (κ1) is 16.8. The fourth-order valence-corrected chi connectivity index (χ4v) is 2.10. The summed E-state index contributed by atoms with van der Waals surface area (Å²) >= 11 is 0. The Morgan fingerprint density at radius 3 is 2.45 bits per heavy atom. The molecule has 1 aliphatic heterocycles. The van der Waals surface area contributed by atoms with Crippen LogP contribution in [0.2, 0.25) is 0 Å². The highest BCUT2D eigenvalue weighted by atomic mass is 16.6. The third-order valence-corrected chi connectivity index (χ3v) is 3.12. The molecule has 116 valence electrons. The highest BCUT2D eigenvalue weighted by Crippen LogP contribution is 2.25. The molecule has 0 radical (unpaired) electrons. The number of rotatable bonds is 2. The summed E-state index contributed by atoms with van der Waals surface area (Å²) in [5.41, 5.74) is -2.05. The Bertz CT molecular complexity index is 363. The van der Waals surface area contributed by atoms with Gasteiger partial charge in [0.2, 0.25) is 0 Å². The molecule has 1 atom stereocenters. The Kier molecular flexibility index (Phi) is 5.39. The second-order valence-electron chi connectivity index (χ2n) is 6.07. The lowest BCUT2D eigenvalue weighted by Gasteiger charge is -2.27. The van der Waals surface area contributed by atoms with Crippen molar-refractivity contribution >= 4 is 12.1 Å². The predicted octanol–water partition coefficient (Wildman–Crippen LogP) is 1.70. The first-order valence-corrected chi connectivity index (χ1v) is 7.05. The van der Waals surface area contributed by atoms with Crippen LogP contribution in [-0.4, -0.2) is 53.0 Å². The number of likely N-dealkylation sites (tertiary alicyclic amines) is 1. The normalized spacial score (nSPS) is 23.9. The van der Waals surface area contributed by atoms with Gasteiger partial charge in [-0.1, -0.05) is 0 Å². The van der Waals surface area contributed by atoms with Crippen LogP contribution in [-0.2, 0) is 14.3 Å². The summed E-state index contributed by atoms with van der Waals surface area (Å²) in [6.45, 7) is 8.09. The van der Waals surface area contributed by atoms with E-state index in [0.717, 1.165) is 0 Å². The average Bonchev–Trinajstić information content (AvgIpc) is 2.50. The van der Waals surface area contributed by atoms with E-state index in [4.69, 9.17) is 9.47 Å². The van der Waals surface area contributed by atoms with Gasteiger partial charge >= 0.3 is 12.1 Å². The van der Waals surface area contributed by atoms with Crippen molar-refractivity contribution in [2.75, 3.05) is 19.7 Å². The van der Waals surface area contributed by atoms with Gasteiger partial charge in [0, 0.05) is 19.5 Å². The molecule has 0 aromatic carbocycles. The molecule has 1 aliphatic rings. The molecule has 1 N–H and O–H groups in total. The lowest BCUT2D eigenvalue weighted by molar-refractivity contribution is -0.166. The summed E-state index contributed by atoms with van der Waals surface area (Å²) in [4.78, 5) is 25.3. The zero-order chi connectivity index (χ0) is 15.4. The molecule has 0 spiro atoms. The van der Waals surface area contributed by atoms with Crippen molar-refractivity contribution in [1.29, 1.82) is 0 Å². The molecular weight excluding hydrogens is 262 g/mol. The number of esters is 1. The van der Waals surface area contributed by atoms with Gasteiger partial charge in [-0.05, 0) is 40.5 Å². The van der Waals surface area contributed by atoms with Crippen LogP contribution >= 0.6 is 0 Å². The minimum atomic E-state index is -1.49. The Labute approximate surface area is 120 Å². The molecule has 0 aliphatic carbocycles. The van der Waals surface area contributed by atoms with Crippen LogP contribution in [0.3, 0.4) is 0 Å². The molecule has 0 aromatic rings. The summed E-state index contributed by atoms with van der Waals surface area (Å²) in [7, 11) is 0. The average molecular weight is 287 g/mol. The maximum Gasteiger partial charge on any atom is 0.410 e. The van der Waals surface area contributed by atoms with Crippen LogP contribution in [0.15, 0.2) is 0 Å². The minimum Gasteiger partial charge on any atom is -0.464 e. The molecule has 6 heteroatoms. The maximum absolute atomic E-state index is 12.0. The van der Waals surface area contributed by atoms with E-state index in [9.17, 15) is 14.7 Å². The van der Waals surface area contributed by atoms with Crippen LogP contribution in [0.4, 0.5) is 4.79 Å². The monoisotopic (exact) mass is 287 g/mol. The summed E-state index contributed by atoms with van der Waals surface area (Å²) in [5.74, 6) is -0.606. The number of nitrogens with zero attached hydrogens (tertiary/aromatic N) is 1. The Morgan fingerprint density at radius 2 is 1.90 bits per heavy atom. The van der Waals surface area contributed by atoms with Crippen LogP contribution in [0.1, 0.15) is 47.0 Å². The van der Waals surface area contributed by atoms with E-state index >= 15 is 0 Å². The van der Waals surface area contributed by atoms with Gasteiger partial charge in [0.15, 0.2) is 5.60 Å². The zero-order valence-electron chi connectivity index (χ0n) is 12.8. The molecule has 0 bridgehead atoms. The third-order valence-electron chi connectivity index (χ3n) is 3.12. The van der Waals surface area contributed by atoms with Crippen LogP contribution in [0, 0.1) is 0 Å². The molecule has 1 saturated heterocycles. The minimum absolute atomic E-state index is 0.172. The summed E-state index contributed by atoms with van der Waals surface area (Å²) < 4.78 is 10.2. The van der Waals surface area contributed by atoms with Crippen molar-refractivity contribution in [3.8, 4) is 0 Å². The molecule has 6 nitrogen and oxygen atoms in total. The van der Waals surface area contributed by atoms with Gasteiger partial charge in [-0.3, -0.25) is 0 Å². The van der Waals surface area contributed by atoms with Gasteiger partial charge in [0.25, 0.3) is 0 Å². The quantitative estimate of drug-likeness (QED) is 0.782. The third kappa shape index (κ3) is 4.67. The van der Waals surface area contributed by atoms with Crippen molar-refractivity contribution in [3.05, 3.63) is 0 Å². The fraction of sp³-hybridized carbons (Fsp3) is 0.857. The van der Waals surface area contributed by atoms with Crippen LogP contribution in [0.5, 0.6) is 0 Å². The van der Waals surface area contributed by atoms with Gasteiger partial charge in [-0.2, -0.15) is 0 Å². The van der Waals surface area contributed by atoms with Gasteiger partial charge < -0.3 is 19.5 Å². The number of carbonyl (C=O) groups excluding carboxylic acids is 2. The molecule has 1 heterocycles. The number of aliphatic hydroxyl groups is 1. The molecule has 1 fully saturated rings. The maximum atomic E-state index is 12.0. The van der Waals surface area contributed by atoms with Crippen molar-refractivity contribution in [1.82, 2.24) is 4.90 Å². The number of amides is 1. The van der Waals surface area contributed by atoms with Crippen molar-refractivity contribution in [3.63, 3.8) is 0 Å². The van der Waals surface area contributed by atoms with Crippen LogP contribution < -0.4 is 0 Å². The second kappa shape index (κ2) is 6.43. The SMILES string of the molecule is CCOC(=O)C1(O)CCCN(C(=O)OC(C)(C)C)CC1. The summed E-state index contributed by atoms with van der Waals surface area (Å²) in [6, 6.07) is 0. The topological polar surface area (TPSA) is 76.1 Å². The largest absolute Gasteiger partial charge is 0.464 e. The lowest BCUT2D eigenvalue weighted by Crippen LogP contribution is -2.42. The molecule has 1 unspecified atom stereocenters. The smallest absolute Gasteiger partial charge is 0.410 e. The Morgan fingerprint density at radius 1 is 1.25 bits per heavy atom. The zero-order valence-corrected chi connectivity index (χ0v) is 12.8. The van der Waals surface area contributed by atoms with Gasteiger partial charge in [-0.25, -0.2) is 9.59 Å². The van der Waals surface area contributed by atoms with Crippen molar-refractivity contribution in [2.24, 2.45) is 0 Å². The summed E-state index contributed by atoms with van der Waals surface area (Å²) in [6.07, 6.45) is 0.593. The Hall–Kier alpha value is -1.30. The number of carbonyl (C=O) groups is 2. The molecule has 0 aromatic heterocycles. The predicted molar refractivity (Wildman–Crippen MR) is 73.2 cm³/mol. The summed E-state index contributed by atoms with van der Waals surface area (Å²) in [5, 5.41) is 10.3. The van der Waals surface area contributed by atoms with Crippen molar-refractivity contribution < 1.29 is 24.2 Å². The van der Waals surface area contributed by atoms with Gasteiger partial charge in [-0.15, -0.1) is 0 Å². The second-order valence-corrected chi connectivity index (χ2v) is 6.07. The molecule has 20 heavy (non-hydrogen) atoms. The van der Waals surface area contributed by atoms with Gasteiger partial charge in [0.1, 0.15) is 5.60 Å². The first-order valence-electron chi connectivity index (χ1n) is 7.05. The van der Waals surface area contributed by atoms with E-state index in [1.165, 1.54) is 4.90 Å². The van der Waals surface area contributed by atoms with E-state index in [0.29, 0.717) is 19.4 Å². The van der Waals surface area contributed by atoms with Crippen LogP contribution in [0.25, 0.3) is 0 Å². The molecule has 1 amide bonds. The molecular formula is C14H25NO5. The Balaban J connectivity index is 2.63. The molecule has 1 rings (SSSR count). The van der Waals surface area contributed by atoms with Crippen molar-refractivity contribution in [2.45, 2.75) is 58.2 Å². The highest BCUT2D eigenvalue weighted by molar-refractivity contribution is 5.79. The number of ether oxygens (including phenoxy) is 2.